The fourth-order valence-electron chi connectivity index (χ4n) is 6.85. The van der Waals surface area contributed by atoms with Crippen molar-refractivity contribution < 1.29 is 29.0 Å². The van der Waals surface area contributed by atoms with E-state index < -0.39 is 45.2 Å². The molecule has 4 amide bonds. The lowest BCUT2D eigenvalue weighted by atomic mass is 9.57. The van der Waals surface area contributed by atoms with Gasteiger partial charge in [0.2, 0.25) is 11.8 Å². The molecule has 1 N–H and O–H groups in total. The monoisotopic (exact) mass is 784 g/mol. The van der Waals surface area contributed by atoms with Crippen LogP contribution >= 0.6 is 61.7 Å². The zero-order valence-electron chi connectivity index (χ0n) is 22.1. The van der Waals surface area contributed by atoms with Crippen molar-refractivity contribution in [2.24, 2.45) is 23.7 Å². The highest BCUT2D eigenvalue weighted by atomic mass is 127. The highest BCUT2D eigenvalue weighted by Crippen LogP contribution is 2.63. The van der Waals surface area contributed by atoms with E-state index in [0.29, 0.717) is 16.8 Å². The number of phenolic OH excluding ortho intramolecular Hbond substituents is 1. The predicted octanol–water partition coefficient (Wildman–Crippen LogP) is 5.47. The molecule has 0 spiro atoms. The van der Waals surface area contributed by atoms with E-state index in [-0.39, 0.29) is 41.6 Å². The normalized spacial score (nSPS) is 32.3. The summed E-state index contributed by atoms with van der Waals surface area (Å²) in [5.74, 6) is -4.56. The molecule has 2 aliphatic carbocycles. The molecular weight excluding hydrogens is 762 g/mol. The van der Waals surface area contributed by atoms with Gasteiger partial charge in [-0.25, -0.2) is 0 Å². The van der Waals surface area contributed by atoms with E-state index in [9.17, 15) is 24.3 Å². The van der Waals surface area contributed by atoms with Crippen molar-refractivity contribution in [1.29, 1.82) is 0 Å². The minimum Gasteiger partial charge on any atom is -0.504 e. The molecule has 3 fully saturated rings. The first-order valence-electron chi connectivity index (χ1n) is 13.2. The van der Waals surface area contributed by atoms with Gasteiger partial charge in [0, 0.05) is 9.49 Å². The van der Waals surface area contributed by atoms with Crippen molar-refractivity contribution in [3.8, 4) is 11.5 Å². The Bertz CT molecular complexity index is 1600. The molecule has 2 aromatic rings. The summed E-state index contributed by atoms with van der Waals surface area (Å²) in [7, 11) is 1.43. The van der Waals surface area contributed by atoms with Crippen molar-refractivity contribution in [1.82, 2.24) is 4.90 Å². The molecule has 12 heteroatoms. The number of nitrogens with zero attached hydrogens (tertiary/aromatic N) is 2. The first-order chi connectivity index (χ1) is 20.0. The summed E-state index contributed by atoms with van der Waals surface area (Å²) in [6, 6.07) is 11.9. The number of carbonyl (C=O) groups excluding carboxylic acids is 4. The molecule has 2 saturated heterocycles. The lowest BCUT2D eigenvalue weighted by molar-refractivity contribution is -0.138. The van der Waals surface area contributed by atoms with E-state index >= 15 is 0 Å². The van der Waals surface area contributed by atoms with E-state index in [0.717, 1.165) is 8.47 Å². The highest BCUT2D eigenvalue weighted by Gasteiger charge is 2.75. The number of allylic oxidation sites excluding steroid dienone is 3. The number of hydrogen-bond acceptors (Lipinski definition) is 6. The summed E-state index contributed by atoms with van der Waals surface area (Å²) in [5.41, 5.74) is 1.74. The van der Waals surface area contributed by atoms with Crippen LogP contribution in [0.25, 0.3) is 6.08 Å². The number of carbonyl (C=O) groups is 4. The molecule has 6 atom stereocenters. The van der Waals surface area contributed by atoms with Crippen LogP contribution in [0.4, 0.5) is 5.69 Å². The van der Waals surface area contributed by atoms with Crippen molar-refractivity contribution in [2.45, 2.75) is 22.6 Å². The minimum atomic E-state index is -1.87. The van der Waals surface area contributed by atoms with Gasteiger partial charge in [-0.2, -0.15) is 0 Å². The number of ether oxygens (including phenoxy) is 1. The van der Waals surface area contributed by atoms with Gasteiger partial charge in [0.15, 0.2) is 21.2 Å². The van der Waals surface area contributed by atoms with Crippen LogP contribution < -0.4 is 9.64 Å². The average Bonchev–Trinajstić information content (AvgIpc) is 3.31. The molecule has 0 bridgehead atoms. The van der Waals surface area contributed by atoms with Crippen LogP contribution in [0, 0.1) is 27.2 Å². The van der Waals surface area contributed by atoms with Gasteiger partial charge in [-0.05, 0) is 83.3 Å². The number of halogens is 4. The Balaban J connectivity index is 1.46. The van der Waals surface area contributed by atoms with Crippen LogP contribution in [0.1, 0.15) is 18.4 Å². The van der Waals surface area contributed by atoms with Gasteiger partial charge >= 0.3 is 0 Å². The standard InChI is InChI=1S/C30H24BrCl2IN2O6/c1-42-23-12-15(3-11-22(23)37)2-10-21-18-8-9-19-24(26(39)36(25(19)38)17-6-4-16(34)5-7-17)20(18)13-29(32)27(40)35(14-31)28(41)30(21,29)33/h2-8,10-12,19-21,24,37H,9,13-14H2,1H3/t19-,20+,21-,24-,29+,30-/m0/s1. The van der Waals surface area contributed by atoms with E-state index in [1.165, 1.54) is 18.1 Å². The van der Waals surface area contributed by atoms with E-state index in [1.807, 2.05) is 18.2 Å². The predicted molar refractivity (Wildman–Crippen MR) is 169 cm³/mol. The van der Waals surface area contributed by atoms with Gasteiger partial charge in [-0.3, -0.25) is 29.0 Å². The fourth-order valence-corrected chi connectivity index (χ4v) is 8.59. The van der Waals surface area contributed by atoms with Gasteiger partial charge in [0.1, 0.15) is 0 Å². The van der Waals surface area contributed by atoms with Crippen LogP contribution in [0.3, 0.4) is 0 Å². The van der Waals surface area contributed by atoms with Crippen LogP contribution in [0.2, 0.25) is 0 Å². The largest absolute Gasteiger partial charge is 0.504 e. The van der Waals surface area contributed by atoms with Gasteiger partial charge in [-0.1, -0.05) is 45.8 Å². The second kappa shape index (κ2) is 10.6. The maximum absolute atomic E-state index is 14.0. The third kappa shape index (κ3) is 4.11. The number of fused-ring (bicyclic) bond motifs is 4. The summed E-state index contributed by atoms with van der Waals surface area (Å²) in [5, 5.41) is 10.0. The molecule has 218 valence electrons. The third-order valence-corrected chi connectivity index (χ3v) is 11.5. The molecule has 1 saturated carbocycles. The van der Waals surface area contributed by atoms with Crippen LogP contribution in [-0.2, 0) is 19.2 Å². The lowest BCUT2D eigenvalue weighted by Gasteiger charge is -2.49. The molecule has 0 aromatic heterocycles. The van der Waals surface area contributed by atoms with E-state index in [2.05, 4.69) is 38.5 Å². The third-order valence-electron chi connectivity index (χ3n) is 8.84. The van der Waals surface area contributed by atoms with Gasteiger partial charge in [0.05, 0.1) is 30.1 Å². The molecule has 42 heavy (non-hydrogen) atoms. The van der Waals surface area contributed by atoms with Gasteiger partial charge in [-0.15, -0.1) is 23.2 Å². The number of anilines is 1. The van der Waals surface area contributed by atoms with Crippen molar-refractivity contribution in [3.05, 3.63) is 69.3 Å². The molecule has 0 radical (unpaired) electrons. The van der Waals surface area contributed by atoms with Crippen molar-refractivity contribution >= 4 is 97.1 Å². The van der Waals surface area contributed by atoms with E-state index in [1.54, 1.807) is 36.4 Å². The highest BCUT2D eigenvalue weighted by molar-refractivity contribution is 14.1. The zero-order valence-corrected chi connectivity index (χ0v) is 27.4. The number of amides is 4. The number of aromatic hydroxyl groups is 1. The second-order valence-corrected chi connectivity index (χ2v) is 13.8. The topological polar surface area (TPSA) is 104 Å². The zero-order chi connectivity index (χ0) is 30.1. The Morgan fingerprint density at radius 3 is 2.45 bits per heavy atom. The SMILES string of the molecule is COc1cc(C=C[C@H]2C3=CC[C@@H]4C(=O)N(c5ccc(I)cc5)C(=O)[C@@H]4[C@@H]3C[C@@]3(Cl)C(=O)N(CBr)C(=O)[C@@]23Cl)ccc1O. The second-order valence-electron chi connectivity index (χ2n) is 10.8. The Morgan fingerprint density at radius 2 is 1.79 bits per heavy atom. The Morgan fingerprint density at radius 1 is 1.07 bits per heavy atom. The quantitative estimate of drug-likeness (QED) is 0.142. The maximum Gasteiger partial charge on any atom is 0.254 e. The average molecular weight is 786 g/mol. The molecule has 0 unspecified atom stereocenters. The van der Waals surface area contributed by atoms with Crippen LogP contribution in [0.15, 0.2) is 60.2 Å². The number of hydrogen-bond donors (Lipinski definition) is 1. The number of likely N-dealkylation sites (tertiary alicyclic amines) is 1. The Labute approximate surface area is 273 Å². The maximum atomic E-state index is 14.0. The number of benzene rings is 2. The summed E-state index contributed by atoms with van der Waals surface area (Å²) >= 11 is 19.8. The van der Waals surface area contributed by atoms with Crippen LogP contribution in [-0.4, -0.2) is 55.9 Å². The Hall–Kier alpha value is -2.41. The lowest BCUT2D eigenvalue weighted by Crippen LogP contribution is -2.60. The molecule has 2 aliphatic heterocycles. The van der Waals surface area contributed by atoms with Crippen LogP contribution in [0.5, 0.6) is 11.5 Å². The molecule has 2 aromatic carbocycles. The first kappa shape index (κ1) is 29.7. The summed E-state index contributed by atoms with van der Waals surface area (Å²) < 4.78 is 6.19. The molecule has 4 aliphatic rings. The summed E-state index contributed by atoms with van der Waals surface area (Å²) in [4.78, 5) is 53.6. The smallest absolute Gasteiger partial charge is 0.254 e. The molecular formula is C30H24BrCl2IN2O6. The molecule has 2 heterocycles. The first-order valence-corrected chi connectivity index (χ1v) is 16.1. The summed E-state index contributed by atoms with van der Waals surface area (Å²) in [6.45, 7) is 0. The van der Waals surface area contributed by atoms with E-state index in [4.69, 9.17) is 27.9 Å². The Kier molecular flexibility index (Phi) is 7.51. The number of methoxy groups -OCH3 is 1. The fraction of sp³-hybridized carbons (Fsp3) is 0.333. The number of phenols is 1. The number of imide groups is 2. The number of alkyl halides is 3. The molecule has 6 rings (SSSR count). The van der Waals surface area contributed by atoms with Gasteiger partial charge < -0.3 is 9.84 Å². The minimum absolute atomic E-state index is 0.0337. The molecule has 8 nitrogen and oxygen atoms in total. The van der Waals surface area contributed by atoms with Crippen molar-refractivity contribution in [3.63, 3.8) is 0 Å². The number of rotatable bonds is 5. The van der Waals surface area contributed by atoms with Crippen molar-refractivity contribution in [2.75, 3.05) is 17.5 Å². The summed E-state index contributed by atoms with van der Waals surface area (Å²) in [6.07, 6.45) is 5.53. The van der Waals surface area contributed by atoms with Gasteiger partial charge in [0.25, 0.3) is 11.8 Å².